The second-order valence-corrected chi connectivity index (χ2v) is 4.41. The van der Waals surface area contributed by atoms with Crippen LogP contribution in [0.1, 0.15) is 24.4 Å². The Kier molecular flexibility index (Phi) is 3.82. The fourth-order valence-electron chi connectivity index (χ4n) is 2.35. The lowest BCUT2D eigenvalue weighted by Gasteiger charge is -2.26. The van der Waals surface area contributed by atoms with Crippen molar-refractivity contribution in [2.24, 2.45) is 0 Å². The van der Waals surface area contributed by atoms with Gasteiger partial charge in [-0.3, -0.25) is 4.79 Å². The van der Waals surface area contributed by atoms with Crippen molar-refractivity contribution in [1.82, 2.24) is 9.88 Å². The molecule has 8 heteroatoms. The predicted octanol–water partition coefficient (Wildman–Crippen LogP) is 2.46. The number of carbonyl (C=O) groups excluding carboxylic acids is 1. The molecule has 1 aliphatic heterocycles. The zero-order valence-corrected chi connectivity index (χ0v) is 10.6. The Balaban J connectivity index is 2.36. The monoisotopic (exact) mass is 292 g/mol. The van der Waals surface area contributed by atoms with Crippen LogP contribution in [-0.2, 0) is 4.79 Å². The molecule has 1 aromatic rings. The van der Waals surface area contributed by atoms with Crippen molar-refractivity contribution in [3.63, 3.8) is 0 Å². The minimum Gasteiger partial charge on any atom is -0.481 e. The van der Waals surface area contributed by atoms with Crippen LogP contribution < -0.4 is 4.74 Å². The van der Waals surface area contributed by atoms with Gasteiger partial charge in [0.25, 0.3) is 0 Å². The van der Waals surface area contributed by atoms with Crippen LogP contribution in [0.4, 0.5) is 17.6 Å². The predicted molar refractivity (Wildman–Crippen MR) is 60.5 cm³/mol. The van der Waals surface area contributed by atoms with Crippen molar-refractivity contribution in [2.75, 3.05) is 13.7 Å². The maximum absolute atomic E-state index is 13.3. The molecular formula is C12H12F4N2O2. The second kappa shape index (κ2) is 5.26. The first-order chi connectivity index (χ1) is 9.34. The zero-order valence-electron chi connectivity index (χ0n) is 10.6. The summed E-state index contributed by atoms with van der Waals surface area (Å²) < 4.78 is 55.8. The molecule has 2 rings (SSSR count). The molecule has 0 spiro atoms. The van der Waals surface area contributed by atoms with Crippen molar-refractivity contribution < 1.29 is 27.1 Å². The highest BCUT2D eigenvalue weighted by Crippen LogP contribution is 2.38. The largest absolute Gasteiger partial charge is 0.481 e. The van der Waals surface area contributed by atoms with Gasteiger partial charge in [0, 0.05) is 12.1 Å². The molecule has 0 bridgehead atoms. The molecule has 1 saturated heterocycles. The third-order valence-electron chi connectivity index (χ3n) is 3.15. The Morgan fingerprint density at radius 2 is 2.20 bits per heavy atom. The summed E-state index contributed by atoms with van der Waals surface area (Å²) in [6.45, 7) is -0.0251. The lowest BCUT2D eigenvalue weighted by molar-refractivity contribution is -0.186. The molecular weight excluding hydrogens is 280 g/mol. The molecule has 20 heavy (non-hydrogen) atoms. The average molecular weight is 292 g/mol. The molecule has 0 radical (unpaired) electrons. The maximum Gasteiger partial charge on any atom is 0.471 e. The molecule has 0 saturated carbocycles. The minimum absolute atomic E-state index is 0.0251. The number of hydrogen-bond donors (Lipinski definition) is 0. The van der Waals surface area contributed by atoms with Crippen LogP contribution in [0.15, 0.2) is 12.3 Å². The van der Waals surface area contributed by atoms with Crippen LogP contribution >= 0.6 is 0 Å². The van der Waals surface area contributed by atoms with Gasteiger partial charge in [0.05, 0.1) is 19.3 Å². The van der Waals surface area contributed by atoms with Gasteiger partial charge in [0.1, 0.15) is 5.82 Å². The van der Waals surface area contributed by atoms with Gasteiger partial charge >= 0.3 is 12.1 Å². The summed E-state index contributed by atoms with van der Waals surface area (Å²) in [4.78, 5) is 15.8. The van der Waals surface area contributed by atoms with Crippen LogP contribution in [0.25, 0.3) is 0 Å². The van der Waals surface area contributed by atoms with Gasteiger partial charge in [0.2, 0.25) is 5.88 Å². The Bertz CT molecular complexity index is 519. The van der Waals surface area contributed by atoms with E-state index in [1.807, 2.05) is 0 Å². The number of amides is 1. The summed E-state index contributed by atoms with van der Waals surface area (Å²) in [6, 6.07) is 0.181. The van der Waals surface area contributed by atoms with E-state index in [0.29, 0.717) is 17.7 Å². The Morgan fingerprint density at radius 3 is 2.80 bits per heavy atom. The Morgan fingerprint density at radius 1 is 1.50 bits per heavy atom. The highest BCUT2D eigenvalue weighted by atomic mass is 19.4. The van der Waals surface area contributed by atoms with Gasteiger partial charge in [-0.15, -0.1) is 0 Å². The summed E-state index contributed by atoms with van der Waals surface area (Å²) in [5.41, 5.74) is 0.155. The third kappa shape index (κ3) is 2.68. The normalized spacial score (nSPS) is 19.2. The molecule has 0 N–H and O–H groups in total. The van der Waals surface area contributed by atoms with E-state index in [0.717, 1.165) is 12.3 Å². The summed E-state index contributed by atoms with van der Waals surface area (Å²) >= 11 is 0. The van der Waals surface area contributed by atoms with Gasteiger partial charge in [-0.1, -0.05) is 0 Å². The molecule has 4 nitrogen and oxygen atoms in total. The number of nitrogens with zero attached hydrogens (tertiary/aromatic N) is 2. The van der Waals surface area contributed by atoms with E-state index in [1.54, 1.807) is 0 Å². The van der Waals surface area contributed by atoms with Crippen molar-refractivity contribution in [3.05, 3.63) is 23.6 Å². The molecule has 1 atom stereocenters. The number of likely N-dealkylation sites (tertiary alicyclic amines) is 1. The van der Waals surface area contributed by atoms with Crippen LogP contribution in [-0.4, -0.2) is 35.6 Å². The van der Waals surface area contributed by atoms with E-state index in [2.05, 4.69) is 4.98 Å². The highest BCUT2D eigenvalue weighted by molar-refractivity contribution is 5.82. The van der Waals surface area contributed by atoms with E-state index in [9.17, 15) is 22.4 Å². The van der Waals surface area contributed by atoms with Gasteiger partial charge in [-0.05, 0) is 18.9 Å². The average Bonchev–Trinajstić information content (AvgIpc) is 2.85. The molecule has 1 amide bonds. The van der Waals surface area contributed by atoms with E-state index in [-0.39, 0.29) is 18.0 Å². The van der Waals surface area contributed by atoms with Crippen molar-refractivity contribution in [1.29, 1.82) is 0 Å². The molecule has 0 aliphatic carbocycles. The van der Waals surface area contributed by atoms with Gasteiger partial charge in [-0.25, -0.2) is 9.37 Å². The molecule has 2 heterocycles. The number of ether oxygens (including phenoxy) is 1. The molecule has 110 valence electrons. The standard InChI is InChI=1S/C12H12F4N2O2/c1-20-10-8(5-7(13)6-17-10)9-3-2-4-18(9)11(19)12(14,15)16/h5-6,9H,2-4H2,1H3/t9-/m1/s1. The molecule has 0 unspecified atom stereocenters. The van der Waals surface area contributed by atoms with Crippen molar-refractivity contribution >= 4 is 5.91 Å². The molecule has 1 aliphatic rings. The van der Waals surface area contributed by atoms with Crippen molar-refractivity contribution in [3.8, 4) is 5.88 Å². The smallest absolute Gasteiger partial charge is 0.471 e. The quantitative estimate of drug-likeness (QED) is 0.786. The van der Waals surface area contributed by atoms with Crippen LogP contribution in [0, 0.1) is 5.82 Å². The number of pyridine rings is 1. The first kappa shape index (κ1) is 14.5. The second-order valence-electron chi connectivity index (χ2n) is 4.41. The molecule has 0 aromatic carbocycles. The number of methoxy groups -OCH3 is 1. The lowest BCUT2D eigenvalue weighted by Crippen LogP contribution is -2.40. The fourth-order valence-corrected chi connectivity index (χ4v) is 2.35. The van der Waals surface area contributed by atoms with E-state index >= 15 is 0 Å². The van der Waals surface area contributed by atoms with E-state index in [4.69, 9.17) is 4.74 Å². The first-order valence-electron chi connectivity index (χ1n) is 5.92. The Hall–Kier alpha value is -1.86. The van der Waals surface area contributed by atoms with Gasteiger partial charge < -0.3 is 9.64 Å². The number of aromatic nitrogens is 1. The minimum atomic E-state index is -4.95. The Labute approximate surface area is 112 Å². The number of alkyl halides is 3. The topological polar surface area (TPSA) is 42.4 Å². The van der Waals surface area contributed by atoms with Crippen LogP contribution in [0.3, 0.4) is 0 Å². The van der Waals surface area contributed by atoms with Gasteiger partial charge in [0.15, 0.2) is 0 Å². The fraction of sp³-hybridized carbons (Fsp3) is 0.500. The zero-order chi connectivity index (χ0) is 14.9. The number of rotatable bonds is 2. The molecule has 1 aromatic heterocycles. The van der Waals surface area contributed by atoms with Gasteiger partial charge in [-0.2, -0.15) is 13.2 Å². The number of hydrogen-bond acceptors (Lipinski definition) is 3. The van der Waals surface area contributed by atoms with E-state index < -0.39 is 23.9 Å². The SMILES string of the molecule is COc1ncc(F)cc1[C@H]1CCCN1C(=O)C(F)(F)F. The van der Waals surface area contributed by atoms with Crippen LogP contribution in [0.5, 0.6) is 5.88 Å². The van der Waals surface area contributed by atoms with E-state index in [1.165, 1.54) is 7.11 Å². The highest BCUT2D eigenvalue weighted by Gasteiger charge is 2.46. The summed E-state index contributed by atoms with van der Waals surface area (Å²) in [6.07, 6.45) is -3.32. The summed E-state index contributed by atoms with van der Waals surface area (Å²) in [5, 5.41) is 0. The lowest BCUT2D eigenvalue weighted by atomic mass is 10.1. The third-order valence-corrected chi connectivity index (χ3v) is 3.15. The number of carbonyl (C=O) groups is 1. The first-order valence-corrected chi connectivity index (χ1v) is 5.92. The summed E-state index contributed by atoms with van der Waals surface area (Å²) in [5.74, 6) is -2.59. The molecule has 1 fully saturated rings. The van der Waals surface area contributed by atoms with Crippen LogP contribution in [0.2, 0.25) is 0 Å². The number of halogens is 4. The summed E-state index contributed by atoms with van der Waals surface area (Å²) in [7, 11) is 1.29. The maximum atomic E-state index is 13.3. The van der Waals surface area contributed by atoms with Crippen molar-refractivity contribution in [2.45, 2.75) is 25.1 Å².